The number of amides is 1. The van der Waals surface area contributed by atoms with E-state index in [4.69, 9.17) is 5.26 Å². The summed E-state index contributed by atoms with van der Waals surface area (Å²) in [6.45, 7) is 1.31. The van der Waals surface area contributed by atoms with Gasteiger partial charge in [0.05, 0.1) is 17.7 Å². The van der Waals surface area contributed by atoms with E-state index in [2.05, 4.69) is 16.3 Å². The maximum Gasteiger partial charge on any atom is 0.267 e. The number of carbonyl (C=O) groups is 1. The summed E-state index contributed by atoms with van der Waals surface area (Å²) in [6.07, 6.45) is 3.12. The molecule has 1 N–H and O–H groups in total. The predicted octanol–water partition coefficient (Wildman–Crippen LogP) is 3.12. The quantitative estimate of drug-likeness (QED) is 0.918. The highest BCUT2D eigenvalue weighted by atomic mass is 19.1. The second kappa shape index (κ2) is 7.71. The fourth-order valence-corrected chi connectivity index (χ4v) is 3.72. The third kappa shape index (κ3) is 3.49. The summed E-state index contributed by atoms with van der Waals surface area (Å²) in [4.78, 5) is 14.2. The number of piperidine rings is 1. The van der Waals surface area contributed by atoms with Crippen LogP contribution < -0.4 is 5.32 Å². The van der Waals surface area contributed by atoms with Gasteiger partial charge in [-0.15, -0.1) is 0 Å². The van der Waals surface area contributed by atoms with Crippen molar-refractivity contribution in [3.8, 4) is 6.07 Å². The molecule has 1 aromatic carbocycles. The van der Waals surface area contributed by atoms with Crippen molar-refractivity contribution >= 4 is 5.91 Å². The van der Waals surface area contributed by atoms with Crippen LogP contribution in [0, 0.1) is 17.1 Å². The molecular weight excluding hydrogens is 331 g/mol. The first-order chi connectivity index (χ1) is 12.5. The van der Waals surface area contributed by atoms with Gasteiger partial charge in [-0.2, -0.15) is 5.26 Å². The molecule has 1 fully saturated rings. The van der Waals surface area contributed by atoms with Gasteiger partial charge in [-0.05, 0) is 49.7 Å². The van der Waals surface area contributed by atoms with E-state index in [1.54, 1.807) is 13.1 Å². The Morgan fingerprint density at radius 1 is 1.35 bits per heavy atom. The number of aromatic nitrogens is 1. The van der Waals surface area contributed by atoms with Crippen LogP contribution >= 0.6 is 0 Å². The van der Waals surface area contributed by atoms with Crippen molar-refractivity contribution in [2.75, 3.05) is 13.6 Å². The van der Waals surface area contributed by atoms with Crippen LogP contribution in [0.25, 0.3) is 0 Å². The SMILES string of the molecule is CNC(=O)c1ccc([C@H]2CCCCN2Cc2cc(C#N)ccc2F)n1C. The Hall–Kier alpha value is -2.65. The molecule has 0 saturated carbocycles. The monoisotopic (exact) mass is 354 g/mol. The molecule has 3 rings (SSSR count). The van der Waals surface area contributed by atoms with Gasteiger partial charge in [-0.25, -0.2) is 4.39 Å². The lowest BCUT2D eigenvalue weighted by atomic mass is 9.98. The van der Waals surface area contributed by atoms with Gasteiger partial charge in [0.1, 0.15) is 11.5 Å². The molecule has 26 heavy (non-hydrogen) atoms. The minimum Gasteiger partial charge on any atom is -0.354 e. The fourth-order valence-electron chi connectivity index (χ4n) is 3.72. The number of halogens is 1. The molecule has 1 aliphatic heterocycles. The van der Waals surface area contributed by atoms with Crippen molar-refractivity contribution in [1.82, 2.24) is 14.8 Å². The molecule has 0 radical (unpaired) electrons. The van der Waals surface area contributed by atoms with E-state index in [1.807, 2.05) is 23.7 Å². The first-order valence-corrected chi connectivity index (χ1v) is 8.85. The highest BCUT2D eigenvalue weighted by Gasteiger charge is 2.28. The van der Waals surface area contributed by atoms with Crippen molar-refractivity contribution in [3.63, 3.8) is 0 Å². The molecule has 1 saturated heterocycles. The normalized spacial score (nSPS) is 17.7. The van der Waals surface area contributed by atoms with Crippen LogP contribution in [0.5, 0.6) is 0 Å². The average molecular weight is 354 g/mol. The molecule has 2 aromatic rings. The second-order valence-electron chi connectivity index (χ2n) is 6.68. The van der Waals surface area contributed by atoms with Crippen molar-refractivity contribution in [3.05, 3.63) is 58.7 Å². The summed E-state index contributed by atoms with van der Waals surface area (Å²) in [6, 6.07) is 10.5. The second-order valence-corrected chi connectivity index (χ2v) is 6.68. The molecular formula is C20H23FN4O. The Bertz CT molecular complexity index is 852. The highest BCUT2D eigenvalue weighted by molar-refractivity contribution is 5.92. The Morgan fingerprint density at radius 3 is 2.88 bits per heavy atom. The van der Waals surface area contributed by atoms with E-state index >= 15 is 0 Å². The Kier molecular flexibility index (Phi) is 5.38. The number of nitrogens with one attached hydrogen (secondary N) is 1. The van der Waals surface area contributed by atoms with E-state index in [1.165, 1.54) is 12.1 Å². The Labute approximate surface area is 153 Å². The molecule has 0 bridgehead atoms. The Balaban J connectivity index is 1.89. The van der Waals surface area contributed by atoms with Gasteiger partial charge in [0.2, 0.25) is 0 Å². The molecule has 0 spiro atoms. The van der Waals surface area contributed by atoms with Crippen molar-refractivity contribution < 1.29 is 9.18 Å². The lowest BCUT2D eigenvalue weighted by Gasteiger charge is -2.36. The van der Waals surface area contributed by atoms with Crippen LogP contribution in [0.2, 0.25) is 0 Å². The van der Waals surface area contributed by atoms with E-state index in [-0.39, 0.29) is 17.8 Å². The lowest BCUT2D eigenvalue weighted by molar-refractivity contribution is 0.0952. The average Bonchev–Trinajstić information content (AvgIpc) is 3.04. The molecule has 6 heteroatoms. The van der Waals surface area contributed by atoms with Crippen LogP contribution in [-0.4, -0.2) is 29.0 Å². The molecule has 1 atom stereocenters. The van der Waals surface area contributed by atoms with Crippen molar-refractivity contribution in [2.45, 2.75) is 31.8 Å². The maximum absolute atomic E-state index is 14.2. The number of likely N-dealkylation sites (tertiary alicyclic amines) is 1. The third-order valence-electron chi connectivity index (χ3n) is 5.12. The van der Waals surface area contributed by atoms with Crippen LogP contribution in [0.1, 0.15) is 52.6 Å². The zero-order chi connectivity index (χ0) is 18.7. The van der Waals surface area contributed by atoms with E-state index < -0.39 is 0 Å². The van der Waals surface area contributed by atoms with Crippen molar-refractivity contribution in [1.29, 1.82) is 5.26 Å². The number of carbonyl (C=O) groups excluding carboxylic acids is 1. The number of nitrogens with zero attached hydrogens (tertiary/aromatic N) is 3. The van der Waals surface area contributed by atoms with E-state index in [0.29, 0.717) is 23.4 Å². The highest BCUT2D eigenvalue weighted by Crippen LogP contribution is 2.33. The summed E-state index contributed by atoms with van der Waals surface area (Å²) in [5.41, 5.74) is 2.68. The van der Waals surface area contributed by atoms with Crippen LogP contribution in [-0.2, 0) is 13.6 Å². The zero-order valence-corrected chi connectivity index (χ0v) is 15.1. The molecule has 1 aliphatic rings. The predicted molar refractivity (Wildman–Crippen MR) is 96.9 cm³/mol. The smallest absolute Gasteiger partial charge is 0.267 e. The molecule has 0 unspecified atom stereocenters. The molecule has 5 nitrogen and oxygen atoms in total. The first kappa shape index (κ1) is 18.2. The van der Waals surface area contributed by atoms with E-state index in [9.17, 15) is 9.18 Å². The molecule has 0 aliphatic carbocycles. The Morgan fingerprint density at radius 2 is 2.15 bits per heavy atom. The van der Waals surface area contributed by atoms with Gasteiger partial charge < -0.3 is 9.88 Å². The topological polar surface area (TPSA) is 61.1 Å². The molecule has 136 valence electrons. The van der Waals surface area contributed by atoms with Gasteiger partial charge in [0.25, 0.3) is 5.91 Å². The fraction of sp³-hybridized carbons (Fsp3) is 0.400. The molecule has 2 heterocycles. The van der Waals surface area contributed by atoms with E-state index in [0.717, 1.165) is 31.5 Å². The number of benzene rings is 1. The van der Waals surface area contributed by atoms with Crippen LogP contribution in [0.15, 0.2) is 30.3 Å². The van der Waals surface area contributed by atoms with Crippen molar-refractivity contribution in [2.24, 2.45) is 7.05 Å². The number of nitriles is 1. The summed E-state index contributed by atoms with van der Waals surface area (Å²) in [5, 5.41) is 11.7. The zero-order valence-electron chi connectivity index (χ0n) is 15.1. The molecule has 1 amide bonds. The number of rotatable bonds is 4. The standard InChI is InChI=1S/C20H23FN4O/c1-23-20(26)19-9-8-17(24(19)2)18-5-3-4-10-25(18)13-15-11-14(12-22)6-7-16(15)21/h6-9,11,18H,3-5,10,13H2,1-2H3,(H,23,26)/t18-/m1/s1. The first-order valence-electron chi connectivity index (χ1n) is 8.85. The molecule has 1 aromatic heterocycles. The third-order valence-corrected chi connectivity index (χ3v) is 5.12. The number of hydrogen-bond acceptors (Lipinski definition) is 3. The van der Waals surface area contributed by atoms with Gasteiger partial charge in [0, 0.05) is 31.9 Å². The number of hydrogen-bond donors (Lipinski definition) is 1. The lowest BCUT2D eigenvalue weighted by Crippen LogP contribution is -2.34. The van der Waals surface area contributed by atoms with Gasteiger partial charge in [-0.1, -0.05) is 6.42 Å². The maximum atomic E-state index is 14.2. The van der Waals surface area contributed by atoms with Crippen LogP contribution in [0.3, 0.4) is 0 Å². The summed E-state index contributed by atoms with van der Waals surface area (Å²) >= 11 is 0. The summed E-state index contributed by atoms with van der Waals surface area (Å²) in [5.74, 6) is -0.403. The summed E-state index contributed by atoms with van der Waals surface area (Å²) < 4.78 is 16.2. The van der Waals surface area contributed by atoms with Crippen LogP contribution in [0.4, 0.5) is 4.39 Å². The largest absolute Gasteiger partial charge is 0.354 e. The van der Waals surface area contributed by atoms with Gasteiger partial charge >= 0.3 is 0 Å². The van der Waals surface area contributed by atoms with Gasteiger partial charge in [-0.3, -0.25) is 9.69 Å². The summed E-state index contributed by atoms with van der Waals surface area (Å²) in [7, 11) is 3.51. The minimum atomic E-state index is -0.286. The minimum absolute atomic E-state index is 0.117. The van der Waals surface area contributed by atoms with Gasteiger partial charge in [0.15, 0.2) is 0 Å².